The standard InChI is InChI=1S/C35H43N3O7/c1-42-23-29-9-6-18-38(29)21-30-20-32(26-12-10-25(22-39)11-13-26)45-34(44-30)27-14-16-28(17-15-27)36-35(41)37-31(33(40)43-2)19-24-7-4-3-5-8-24/h3-5,7-8,10-17,29-32,34,39H,6,9,18-23H2,1-2H3,(H2,36,37,41)/t29-,30-,31-,32+,34+/m0/s1. The zero-order chi connectivity index (χ0) is 31.6. The molecule has 2 aliphatic rings. The Kier molecular flexibility index (Phi) is 11.6. The molecule has 0 aliphatic carbocycles. The summed E-state index contributed by atoms with van der Waals surface area (Å²) in [4.78, 5) is 27.6. The van der Waals surface area contributed by atoms with Crippen LogP contribution in [0.4, 0.5) is 10.5 Å². The summed E-state index contributed by atoms with van der Waals surface area (Å²) < 4.78 is 23.4. The number of amides is 2. The van der Waals surface area contributed by atoms with Crippen LogP contribution >= 0.6 is 0 Å². The number of benzene rings is 3. The predicted octanol–water partition coefficient (Wildman–Crippen LogP) is 4.74. The highest BCUT2D eigenvalue weighted by molar-refractivity contribution is 5.92. The van der Waals surface area contributed by atoms with E-state index in [4.69, 9.17) is 18.9 Å². The van der Waals surface area contributed by atoms with Gasteiger partial charge in [-0.15, -0.1) is 0 Å². The van der Waals surface area contributed by atoms with Crippen molar-refractivity contribution in [3.05, 3.63) is 101 Å². The number of likely N-dealkylation sites (tertiary alicyclic amines) is 1. The van der Waals surface area contributed by atoms with E-state index >= 15 is 0 Å². The van der Waals surface area contributed by atoms with Crippen molar-refractivity contribution in [3.63, 3.8) is 0 Å². The lowest BCUT2D eigenvalue weighted by Gasteiger charge is -2.38. The number of hydrogen-bond donors (Lipinski definition) is 3. The first kappa shape index (κ1) is 32.6. The summed E-state index contributed by atoms with van der Waals surface area (Å²) in [5.41, 5.74) is 4.18. The highest BCUT2D eigenvalue weighted by Crippen LogP contribution is 2.39. The summed E-state index contributed by atoms with van der Waals surface area (Å²) in [6.45, 7) is 2.49. The van der Waals surface area contributed by atoms with E-state index in [1.54, 1.807) is 19.2 Å². The molecule has 3 N–H and O–H groups in total. The van der Waals surface area contributed by atoms with Crippen LogP contribution in [0.25, 0.3) is 0 Å². The van der Waals surface area contributed by atoms with Gasteiger partial charge >= 0.3 is 12.0 Å². The monoisotopic (exact) mass is 617 g/mol. The number of rotatable bonds is 12. The van der Waals surface area contributed by atoms with Crippen molar-refractivity contribution in [2.24, 2.45) is 0 Å². The molecule has 2 saturated heterocycles. The topological polar surface area (TPSA) is 119 Å². The Labute approximate surface area is 264 Å². The van der Waals surface area contributed by atoms with Crippen LogP contribution in [0, 0.1) is 0 Å². The van der Waals surface area contributed by atoms with Crippen molar-refractivity contribution >= 4 is 17.7 Å². The maximum atomic E-state index is 12.8. The fraction of sp³-hybridized carbons (Fsp3) is 0.429. The molecule has 2 heterocycles. The molecule has 5 atom stereocenters. The van der Waals surface area contributed by atoms with Crippen molar-refractivity contribution in [2.45, 2.75) is 62.9 Å². The highest BCUT2D eigenvalue weighted by atomic mass is 16.7. The van der Waals surface area contributed by atoms with Crippen LogP contribution in [0.3, 0.4) is 0 Å². The smallest absolute Gasteiger partial charge is 0.328 e. The number of carbonyl (C=O) groups is 2. The van der Waals surface area contributed by atoms with E-state index in [0.29, 0.717) is 31.2 Å². The minimum Gasteiger partial charge on any atom is -0.467 e. The number of aliphatic hydroxyl groups is 1. The molecule has 0 bridgehead atoms. The van der Waals surface area contributed by atoms with E-state index in [9.17, 15) is 14.7 Å². The van der Waals surface area contributed by atoms with Gasteiger partial charge in [-0.3, -0.25) is 4.90 Å². The summed E-state index contributed by atoms with van der Waals surface area (Å²) in [5.74, 6) is -0.520. The number of carbonyl (C=O) groups excluding carboxylic acids is 2. The molecule has 2 fully saturated rings. The molecule has 0 spiro atoms. The fourth-order valence-corrected chi connectivity index (χ4v) is 6.05. The molecule has 240 valence electrons. The minimum atomic E-state index is -0.833. The number of nitrogens with zero attached hydrogens (tertiary/aromatic N) is 1. The average Bonchev–Trinajstić information content (AvgIpc) is 3.51. The van der Waals surface area contributed by atoms with Crippen LogP contribution < -0.4 is 10.6 Å². The SMILES string of the molecule is COC[C@@H]1CCCN1C[C@@H]1C[C@H](c2ccc(CO)cc2)O[C@H](c2ccc(NC(=O)N[C@@H](Cc3ccccc3)C(=O)OC)cc2)O1. The van der Waals surface area contributed by atoms with Gasteiger partial charge in [0, 0.05) is 43.8 Å². The third-order valence-electron chi connectivity index (χ3n) is 8.43. The first-order valence-electron chi connectivity index (χ1n) is 15.5. The Morgan fingerprint density at radius 2 is 1.69 bits per heavy atom. The number of methoxy groups -OCH3 is 2. The third kappa shape index (κ3) is 8.90. The molecular formula is C35H43N3O7. The molecule has 10 nitrogen and oxygen atoms in total. The van der Waals surface area contributed by atoms with Crippen molar-refractivity contribution in [2.75, 3.05) is 39.2 Å². The molecule has 2 aliphatic heterocycles. The second-order valence-electron chi connectivity index (χ2n) is 11.6. The van der Waals surface area contributed by atoms with Crippen molar-refractivity contribution in [3.8, 4) is 0 Å². The maximum Gasteiger partial charge on any atom is 0.328 e. The quantitative estimate of drug-likeness (QED) is 0.250. The van der Waals surface area contributed by atoms with Gasteiger partial charge in [0.1, 0.15) is 6.04 Å². The number of esters is 1. The van der Waals surface area contributed by atoms with Gasteiger partial charge in [0.2, 0.25) is 0 Å². The van der Waals surface area contributed by atoms with Gasteiger partial charge in [0.25, 0.3) is 0 Å². The minimum absolute atomic E-state index is 0.00914. The fourth-order valence-electron chi connectivity index (χ4n) is 6.05. The lowest BCUT2D eigenvalue weighted by molar-refractivity contribution is -0.253. The predicted molar refractivity (Wildman–Crippen MR) is 169 cm³/mol. The number of hydrogen-bond acceptors (Lipinski definition) is 8. The van der Waals surface area contributed by atoms with E-state index in [1.807, 2.05) is 66.7 Å². The van der Waals surface area contributed by atoms with Gasteiger partial charge in [-0.25, -0.2) is 9.59 Å². The van der Waals surface area contributed by atoms with Crippen LogP contribution in [-0.4, -0.2) is 74.1 Å². The second-order valence-corrected chi connectivity index (χ2v) is 11.6. The largest absolute Gasteiger partial charge is 0.467 e. The summed E-state index contributed by atoms with van der Waals surface area (Å²) >= 11 is 0. The Morgan fingerprint density at radius 1 is 0.956 bits per heavy atom. The first-order valence-corrected chi connectivity index (χ1v) is 15.5. The van der Waals surface area contributed by atoms with E-state index < -0.39 is 24.3 Å². The Balaban J connectivity index is 1.26. The van der Waals surface area contributed by atoms with Crippen molar-refractivity contribution in [1.29, 1.82) is 0 Å². The maximum absolute atomic E-state index is 12.8. The van der Waals surface area contributed by atoms with Crippen molar-refractivity contribution < 1.29 is 33.6 Å². The number of aliphatic hydroxyl groups excluding tert-OH is 1. The van der Waals surface area contributed by atoms with Crippen LogP contribution in [0.15, 0.2) is 78.9 Å². The van der Waals surface area contributed by atoms with Crippen molar-refractivity contribution in [1.82, 2.24) is 10.2 Å². The summed E-state index contributed by atoms with van der Waals surface area (Å²) in [7, 11) is 3.05. The molecule has 0 aromatic heterocycles. The molecule has 0 saturated carbocycles. The molecule has 0 unspecified atom stereocenters. The zero-order valence-electron chi connectivity index (χ0n) is 25.9. The summed E-state index contributed by atoms with van der Waals surface area (Å²) in [6, 6.07) is 23.7. The van der Waals surface area contributed by atoms with Gasteiger partial charge in [-0.05, 0) is 48.2 Å². The molecule has 5 rings (SSSR count). The second kappa shape index (κ2) is 16.0. The van der Waals surface area contributed by atoms with Gasteiger partial charge in [-0.2, -0.15) is 0 Å². The van der Waals surface area contributed by atoms with Crippen LogP contribution in [-0.2, 0) is 36.8 Å². The molecule has 0 radical (unpaired) electrons. The molecule has 3 aromatic carbocycles. The molecule has 45 heavy (non-hydrogen) atoms. The van der Waals surface area contributed by atoms with Gasteiger partial charge in [0.05, 0.1) is 32.5 Å². The van der Waals surface area contributed by atoms with E-state index in [0.717, 1.165) is 48.2 Å². The summed E-state index contributed by atoms with van der Waals surface area (Å²) in [6.07, 6.45) is 2.41. The number of nitrogens with one attached hydrogen (secondary N) is 2. The third-order valence-corrected chi connectivity index (χ3v) is 8.43. The molecular weight excluding hydrogens is 574 g/mol. The van der Waals surface area contributed by atoms with E-state index in [-0.39, 0.29) is 18.8 Å². The summed E-state index contributed by atoms with van der Waals surface area (Å²) in [5, 5.41) is 15.0. The van der Waals surface area contributed by atoms with Crippen LogP contribution in [0.1, 0.15) is 53.9 Å². The Bertz CT molecular complexity index is 1370. The number of urea groups is 1. The van der Waals surface area contributed by atoms with Crippen LogP contribution in [0.2, 0.25) is 0 Å². The number of ether oxygens (including phenoxy) is 4. The van der Waals surface area contributed by atoms with Gasteiger partial charge in [-0.1, -0.05) is 66.7 Å². The van der Waals surface area contributed by atoms with Crippen LogP contribution in [0.5, 0.6) is 0 Å². The van der Waals surface area contributed by atoms with E-state index in [1.165, 1.54) is 7.11 Å². The molecule has 2 amide bonds. The Morgan fingerprint density at radius 3 is 2.38 bits per heavy atom. The van der Waals surface area contributed by atoms with E-state index in [2.05, 4.69) is 15.5 Å². The zero-order valence-corrected chi connectivity index (χ0v) is 25.9. The Hall–Kier alpha value is -3.80. The van der Waals surface area contributed by atoms with Gasteiger partial charge in [0.15, 0.2) is 6.29 Å². The number of anilines is 1. The first-order chi connectivity index (χ1) is 21.9. The molecule has 3 aromatic rings. The highest BCUT2D eigenvalue weighted by Gasteiger charge is 2.35. The average molecular weight is 618 g/mol. The van der Waals surface area contributed by atoms with Gasteiger partial charge < -0.3 is 34.7 Å². The lowest BCUT2D eigenvalue weighted by atomic mass is 9.99. The molecule has 10 heteroatoms. The normalized spacial score (nSPS) is 22.5. The lowest BCUT2D eigenvalue weighted by Crippen LogP contribution is -2.45.